The van der Waals surface area contributed by atoms with Gasteiger partial charge in [0, 0.05) is 50.7 Å². The summed E-state index contributed by atoms with van der Waals surface area (Å²) in [5.74, 6) is 1.26. The van der Waals surface area contributed by atoms with Crippen LogP contribution in [0.15, 0.2) is 36.5 Å². The van der Waals surface area contributed by atoms with Crippen molar-refractivity contribution >= 4 is 10.2 Å². The van der Waals surface area contributed by atoms with Crippen molar-refractivity contribution in [2.45, 2.75) is 12.6 Å². The zero-order chi connectivity index (χ0) is 18.2. The molecule has 0 spiro atoms. The molecule has 2 aromatic rings. The highest BCUT2D eigenvalue weighted by molar-refractivity contribution is 7.86. The molecule has 0 amide bonds. The molecule has 0 radical (unpaired) electrons. The predicted molar refractivity (Wildman–Crippen MR) is 95.1 cm³/mol. The van der Waals surface area contributed by atoms with Crippen molar-refractivity contribution in [1.29, 1.82) is 0 Å². The van der Waals surface area contributed by atoms with Gasteiger partial charge in [0.25, 0.3) is 10.2 Å². The minimum absolute atomic E-state index is 0.391. The Labute approximate surface area is 148 Å². The lowest BCUT2D eigenvalue weighted by Crippen LogP contribution is -2.47. The number of methoxy groups -OCH3 is 2. The van der Waals surface area contributed by atoms with E-state index in [4.69, 9.17) is 9.47 Å². The molecule has 0 bridgehead atoms. The molecule has 1 aliphatic heterocycles. The predicted octanol–water partition coefficient (Wildman–Crippen LogP) is 1.72. The highest BCUT2D eigenvalue weighted by Crippen LogP contribution is 2.40. The average molecular weight is 365 g/mol. The molecule has 136 valence electrons. The van der Waals surface area contributed by atoms with Gasteiger partial charge in [-0.25, -0.2) is 0 Å². The van der Waals surface area contributed by atoms with E-state index in [9.17, 15) is 8.42 Å². The molecule has 8 heteroatoms. The molecule has 25 heavy (non-hydrogen) atoms. The maximum absolute atomic E-state index is 12.9. The summed E-state index contributed by atoms with van der Waals surface area (Å²) < 4.78 is 41.4. The summed E-state index contributed by atoms with van der Waals surface area (Å²) in [6, 6.07) is 8.88. The maximum Gasteiger partial charge on any atom is 0.282 e. The lowest BCUT2D eigenvalue weighted by atomic mass is 10.0. The number of benzene rings is 1. The van der Waals surface area contributed by atoms with Gasteiger partial charge in [-0.05, 0) is 24.3 Å². The first kappa shape index (κ1) is 17.8. The van der Waals surface area contributed by atoms with E-state index in [0.717, 1.165) is 11.3 Å². The number of hydrogen-bond donors (Lipinski definition) is 0. The molecular weight excluding hydrogens is 342 g/mol. The Morgan fingerprint density at radius 3 is 2.52 bits per heavy atom. The Morgan fingerprint density at radius 1 is 1.12 bits per heavy atom. The van der Waals surface area contributed by atoms with Crippen LogP contribution < -0.4 is 9.47 Å². The van der Waals surface area contributed by atoms with E-state index in [1.807, 2.05) is 30.5 Å². The van der Waals surface area contributed by atoms with Gasteiger partial charge in [0.2, 0.25) is 0 Å². The minimum atomic E-state index is -3.59. The van der Waals surface area contributed by atoms with Gasteiger partial charge in [-0.1, -0.05) is 0 Å². The van der Waals surface area contributed by atoms with Crippen molar-refractivity contribution < 1.29 is 17.9 Å². The molecular formula is C17H23N3O4S. The zero-order valence-electron chi connectivity index (χ0n) is 14.8. The summed E-state index contributed by atoms with van der Waals surface area (Å²) in [4.78, 5) is 0. The summed E-state index contributed by atoms with van der Waals surface area (Å²) in [5.41, 5.74) is 1.70. The van der Waals surface area contributed by atoms with Crippen molar-refractivity contribution in [3.05, 3.63) is 47.8 Å². The van der Waals surface area contributed by atoms with Crippen molar-refractivity contribution in [2.75, 3.05) is 34.9 Å². The fourth-order valence-electron chi connectivity index (χ4n) is 3.18. The third kappa shape index (κ3) is 3.01. The van der Waals surface area contributed by atoms with E-state index in [1.54, 1.807) is 34.4 Å². The summed E-state index contributed by atoms with van der Waals surface area (Å²) in [6.45, 7) is 1.01. The fourth-order valence-corrected chi connectivity index (χ4v) is 4.40. The number of ether oxygens (including phenoxy) is 2. The molecule has 1 atom stereocenters. The molecule has 0 fully saturated rings. The lowest BCUT2D eigenvalue weighted by Gasteiger charge is -2.38. The Balaban J connectivity index is 2.19. The van der Waals surface area contributed by atoms with Gasteiger partial charge in [0.1, 0.15) is 11.5 Å². The van der Waals surface area contributed by atoms with Crippen molar-refractivity contribution in [2.24, 2.45) is 0 Å². The van der Waals surface area contributed by atoms with Gasteiger partial charge in [0.15, 0.2) is 0 Å². The van der Waals surface area contributed by atoms with Crippen LogP contribution in [0.2, 0.25) is 0 Å². The second-order valence-electron chi connectivity index (χ2n) is 6.04. The van der Waals surface area contributed by atoms with Crippen LogP contribution in [0.5, 0.6) is 11.5 Å². The molecule has 1 unspecified atom stereocenters. The number of nitrogens with zero attached hydrogens (tertiary/aromatic N) is 3. The minimum Gasteiger partial charge on any atom is -0.497 e. The standard InChI is InChI=1S/C17H23N3O4S/c1-18(2)25(21,22)20-11-10-19-9-5-6-15(19)17(20)14-8-7-13(23-3)12-16(14)24-4/h5-9,12,17H,10-11H2,1-4H3. The smallest absolute Gasteiger partial charge is 0.282 e. The molecule has 1 aliphatic rings. The van der Waals surface area contributed by atoms with Crippen LogP contribution in [0.3, 0.4) is 0 Å². The number of fused-ring (bicyclic) bond motifs is 1. The van der Waals surface area contributed by atoms with E-state index < -0.39 is 16.3 Å². The van der Waals surface area contributed by atoms with Crippen LogP contribution in [0.4, 0.5) is 0 Å². The van der Waals surface area contributed by atoms with Crippen LogP contribution >= 0.6 is 0 Å². The average Bonchev–Trinajstić information content (AvgIpc) is 3.08. The number of rotatable bonds is 5. The highest BCUT2D eigenvalue weighted by Gasteiger charge is 2.39. The largest absolute Gasteiger partial charge is 0.497 e. The quantitative estimate of drug-likeness (QED) is 0.809. The topological polar surface area (TPSA) is 64.0 Å². The number of hydrogen-bond acceptors (Lipinski definition) is 4. The van der Waals surface area contributed by atoms with Crippen LogP contribution in [-0.2, 0) is 16.8 Å². The highest BCUT2D eigenvalue weighted by atomic mass is 32.2. The third-order valence-corrected chi connectivity index (χ3v) is 6.40. The Morgan fingerprint density at radius 2 is 1.88 bits per heavy atom. The van der Waals surface area contributed by atoms with Crippen molar-refractivity contribution in [3.63, 3.8) is 0 Å². The van der Waals surface area contributed by atoms with Crippen LogP contribution in [0.1, 0.15) is 17.3 Å². The zero-order valence-corrected chi connectivity index (χ0v) is 15.7. The Bertz CT molecular complexity index is 861. The first-order chi connectivity index (χ1) is 11.9. The first-order valence-electron chi connectivity index (χ1n) is 7.96. The monoisotopic (exact) mass is 365 g/mol. The second-order valence-corrected chi connectivity index (χ2v) is 8.13. The van der Waals surface area contributed by atoms with Gasteiger partial charge in [0.05, 0.1) is 20.3 Å². The van der Waals surface area contributed by atoms with Gasteiger partial charge >= 0.3 is 0 Å². The molecule has 0 N–H and O–H groups in total. The Kier molecular flexibility index (Phi) is 4.77. The van der Waals surface area contributed by atoms with Crippen molar-refractivity contribution in [3.8, 4) is 11.5 Å². The molecule has 0 aliphatic carbocycles. The molecule has 7 nitrogen and oxygen atoms in total. The molecule has 3 rings (SSSR count). The van der Waals surface area contributed by atoms with Crippen LogP contribution in [0, 0.1) is 0 Å². The molecule has 0 saturated heterocycles. The van der Waals surface area contributed by atoms with Gasteiger partial charge < -0.3 is 14.0 Å². The first-order valence-corrected chi connectivity index (χ1v) is 9.36. The van der Waals surface area contributed by atoms with Gasteiger partial charge in [-0.2, -0.15) is 17.0 Å². The van der Waals surface area contributed by atoms with E-state index in [0.29, 0.717) is 24.6 Å². The Hall–Kier alpha value is -2.03. The fraction of sp³-hybridized carbons (Fsp3) is 0.412. The van der Waals surface area contributed by atoms with Gasteiger partial charge in [-0.3, -0.25) is 0 Å². The van der Waals surface area contributed by atoms with Crippen LogP contribution in [0.25, 0.3) is 0 Å². The van der Waals surface area contributed by atoms with E-state index in [2.05, 4.69) is 4.57 Å². The van der Waals surface area contributed by atoms with E-state index in [1.165, 1.54) is 8.61 Å². The van der Waals surface area contributed by atoms with Crippen LogP contribution in [-0.4, -0.2) is 56.5 Å². The third-order valence-electron chi connectivity index (χ3n) is 4.49. The summed E-state index contributed by atoms with van der Waals surface area (Å²) in [6.07, 6.45) is 1.97. The van der Waals surface area contributed by atoms with E-state index >= 15 is 0 Å². The molecule has 2 heterocycles. The normalized spacial score (nSPS) is 18.2. The van der Waals surface area contributed by atoms with E-state index in [-0.39, 0.29) is 0 Å². The number of aromatic nitrogens is 1. The lowest BCUT2D eigenvalue weighted by molar-refractivity contribution is 0.275. The molecule has 0 saturated carbocycles. The molecule has 1 aromatic carbocycles. The summed E-state index contributed by atoms with van der Waals surface area (Å²) in [7, 11) is 2.66. The maximum atomic E-state index is 12.9. The second kappa shape index (κ2) is 6.70. The van der Waals surface area contributed by atoms with Gasteiger partial charge in [-0.15, -0.1) is 0 Å². The summed E-state index contributed by atoms with van der Waals surface area (Å²) >= 11 is 0. The van der Waals surface area contributed by atoms with Crippen molar-refractivity contribution in [1.82, 2.24) is 13.2 Å². The SMILES string of the molecule is COc1ccc(C2c3cccn3CCN2S(=O)(=O)N(C)C)c(OC)c1. The molecule has 1 aromatic heterocycles. The summed E-state index contributed by atoms with van der Waals surface area (Å²) in [5, 5.41) is 0.